The Labute approximate surface area is 102 Å². The fraction of sp³-hybridized carbons (Fsp3) is 0.500. The summed E-state index contributed by atoms with van der Waals surface area (Å²) in [6, 6.07) is 7.23. The molecule has 2 heteroatoms. The van der Waals surface area contributed by atoms with Crippen LogP contribution in [0.15, 0.2) is 24.3 Å². The lowest BCUT2D eigenvalue weighted by Gasteiger charge is -2.20. The molecule has 0 unspecified atom stereocenters. The maximum atomic E-state index is 12.0. The van der Waals surface area contributed by atoms with E-state index in [2.05, 4.69) is 0 Å². The van der Waals surface area contributed by atoms with Crippen LogP contribution in [0.3, 0.4) is 0 Å². The molecule has 1 aromatic carbocycles. The van der Waals surface area contributed by atoms with Crippen LogP contribution < -0.4 is 0 Å². The molecule has 86 valence electrons. The fourth-order valence-corrected chi connectivity index (χ4v) is 2.53. The average Bonchev–Trinajstić information content (AvgIpc) is 2.31. The van der Waals surface area contributed by atoms with Gasteiger partial charge in [-0.25, -0.2) is 0 Å². The van der Waals surface area contributed by atoms with E-state index in [9.17, 15) is 4.79 Å². The van der Waals surface area contributed by atoms with Gasteiger partial charge in [0.2, 0.25) is 0 Å². The third-order valence-electron chi connectivity index (χ3n) is 3.37. The number of ketones is 1. The molecule has 0 aromatic heterocycles. The number of carbonyl (C=O) groups is 1. The Morgan fingerprint density at radius 2 is 1.75 bits per heavy atom. The Kier molecular flexibility index (Phi) is 4.00. The Morgan fingerprint density at radius 3 is 2.38 bits per heavy atom. The summed E-state index contributed by atoms with van der Waals surface area (Å²) >= 11 is 5.80. The van der Waals surface area contributed by atoms with Gasteiger partial charge < -0.3 is 0 Å². The maximum absolute atomic E-state index is 12.0. The molecular weight excluding hydrogens is 220 g/mol. The molecule has 1 aromatic rings. The second-order valence-corrected chi connectivity index (χ2v) is 5.07. The molecule has 1 aliphatic carbocycles. The molecule has 0 spiro atoms. The van der Waals surface area contributed by atoms with Crippen molar-refractivity contribution < 1.29 is 4.79 Å². The molecule has 1 saturated carbocycles. The van der Waals surface area contributed by atoms with Crippen LogP contribution in [-0.4, -0.2) is 5.78 Å². The second-order valence-electron chi connectivity index (χ2n) is 4.64. The van der Waals surface area contributed by atoms with Crippen molar-refractivity contribution in [2.45, 2.75) is 38.5 Å². The summed E-state index contributed by atoms with van der Waals surface area (Å²) in [6.45, 7) is 0. The van der Waals surface area contributed by atoms with E-state index >= 15 is 0 Å². The molecule has 2 rings (SSSR count). The van der Waals surface area contributed by atoms with E-state index in [4.69, 9.17) is 11.6 Å². The first kappa shape index (κ1) is 11.7. The zero-order valence-electron chi connectivity index (χ0n) is 9.42. The standard InChI is InChI=1S/C14H17ClO/c15-13-8-6-12(7-9-13)14(16)10-11-4-2-1-3-5-11/h6-9,11H,1-5,10H2. The zero-order valence-corrected chi connectivity index (χ0v) is 10.2. The van der Waals surface area contributed by atoms with Gasteiger partial charge in [-0.05, 0) is 30.2 Å². The lowest BCUT2D eigenvalue weighted by atomic mass is 9.85. The molecule has 1 aliphatic rings. The van der Waals surface area contributed by atoms with Gasteiger partial charge in [0, 0.05) is 17.0 Å². The van der Waals surface area contributed by atoms with Crippen LogP contribution in [0.4, 0.5) is 0 Å². The molecule has 0 saturated heterocycles. The number of Topliss-reactive ketones (excluding diaryl/α,β-unsaturated/α-hetero) is 1. The first-order chi connectivity index (χ1) is 7.75. The van der Waals surface area contributed by atoms with E-state index in [0.717, 1.165) is 5.56 Å². The zero-order chi connectivity index (χ0) is 11.4. The summed E-state index contributed by atoms with van der Waals surface area (Å²) in [4.78, 5) is 12.0. The lowest BCUT2D eigenvalue weighted by molar-refractivity contribution is 0.0950. The number of halogens is 1. The SMILES string of the molecule is O=C(CC1CCCCC1)c1ccc(Cl)cc1. The Bertz CT molecular complexity index is 350. The van der Waals surface area contributed by atoms with E-state index < -0.39 is 0 Å². The van der Waals surface area contributed by atoms with Crippen LogP contribution in [0.25, 0.3) is 0 Å². The van der Waals surface area contributed by atoms with Crippen molar-refractivity contribution in [3.05, 3.63) is 34.9 Å². The van der Waals surface area contributed by atoms with Gasteiger partial charge in [-0.3, -0.25) is 4.79 Å². The molecule has 1 fully saturated rings. The van der Waals surface area contributed by atoms with Gasteiger partial charge in [0.15, 0.2) is 5.78 Å². The van der Waals surface area contributed by atoms with Crippen LogP contribution in [0.5, 0.6) is 0 Å². The van der Waals surface area contributed by atoms with Crippen LogP contribution in [0, 0.1) is 5.92 Å². The minimum Gasteiger partial charge on any atom is -0.294 e. The first-order valence-electron chi connectivity index (χ1n) is 6.04. The second kappa shape index (κ2) is 5.49. The van der Waals surface area contributed by atoms with Gasteiger partial charge in [0.25, 0.3) is 0 Å². The van der Waals surface area contributed by atoms with E-state index in [1.54, 1.807) is 12.1 Å². The highest BCUT2D eigenvalue weighted by atomic mass is 35.5. The van der Waals surface area contributed by atoms with Gasteiger partial charge in [-0.1, -0.05) is 43.7 Å². The summed E-state index contributed by atoms with van der Waals surface area (Å²) in [7, 11) is 0. The first-order valence-corrected chi connectivity index (χ1v) is 6.42. The van der Waals surface area contributed by atoms with Gasteiger partial charge >= 0.3 is 0 Å². The highest BCUT2D eigenvalue weighted by Crippen LogP contribution is 2.27. The Morgan fingerprint density at radius 1 is 1.12 bits per heavy atom. The van der Waals surface area contributed by atoms with Crippen molar-refractivity contribution in [3.63, 3.8) is 0 Å². The van der Waals surface area contributed by atoms with Crippen molar-refractivity contribution in [3.8, 4) is 0 Å². The van der Waals surface area contributed by atoms with Gasteiger partial charge in [-0.2, -0.15) is 0 Å². The molecule has 1 nitrogen and oxygen atoms in total. The molecule has 0 heterocycles. The lowest BCUT2D eigenvalue weighted by Crippen LogP contribution is -2.12. The van der Waals surface area contributed by atoms with Gasteiger partial charge in [0.05, 0.1) is 0 Å². The summed E-state index contributed by atoms with van der Waals surface area (Å²) < 4.78 is 0. The molecular formula is C14H17ClO. The Balaban J connectivity index is 1.94. The predicted molar refractivity (Wildman–Crippen MR) is 67.0 cm³/mol. The van der Waals surface area contributed by atoms with E-state index in [0.29, 0.717) is 17.4 Å². The van der Waals surface area contributed by atoms with Crippen LogP contribution in [0.1, 0.15) is 48.9 Å². The summed E-state index contributed by atoms with van der Waals surface area (Å²) in [5.74, 6) is 0.875. The number of hydrogen-bond donors (Lipinski definition) is 0. The minimum atomic E-state index is 0.267. The highest BCUT2D eigenvalue weighted by Gasteiger charge is 2.17. The molecule has 0 bridgehead atoms. The third kappa shape index (κ3) is 3.08. The Hall–Kier alpha value is -0.820. The smallest absolute Gasteiger partial charge is 0.163 e. The van der Waals surface area contributed by atoms with Crippen molar-refractivity contribution >= 4 is 17.4 Å². The monoisotopic (exact) mass is 236 g/mol. The normalized spacial score (nSPS) is 17.3. The number of benzene rings is 1. The molecule has 0 amide bonds. The molecule has 0 aliphatic heterocycles. The summed E-state index contributed by atoms with van der Waals surface area (Å²) in [6.07, 6.45) is 7.07. The summed E-state index contributed by atoms with van der Waals surface area (Å²) in [5.41, 5.74) is 0.801. The number of rotatable bonds is 3. The van der Waals surface area contributed by atoms with Crippen molar-refractivity contribution in [1.82, 2.24) is 0 Å². The van der Waals surface area contributed by atoms with Crippen molar-refractivity contribution in [1.29, 1.82) is 0 Å². The van der Waals surface area contributed by atoms with E-state index in [1.807, 2.05) is 12.1 Å². The van der Waals surface area contributed by atoms with E-state index in [1.165, 1.54) is 32.1 Å². The van der Waals surface area contributed by atoms with E-state index in [-0.39, 0.29) is 5.78 Å². The van der Waals surface area contributed by atoms with Gasteiger partial charge in [-0.15, -0.1) is 0 Å². The maximum Gasteiger partial charge on any atom is 0.163 e. The van der Waals surface area contributed by atoms with Crippen molar-refractivity contribution in [2.75, 3.05) is 0 Å². The average molecular weight is 237 g/mol. The fourth-order valence-electron chi connectivity index (χ4n) is 2.41. The topological polar surface area (TPSA) is 17.1 Å². The summed E-state index contributed by atoms with van der Waals surface area (Å²) in [5, 5.41) is 0.689. The van der Waals surface area contributed by atoms with Gasteiger partial charge in [0.1, 0.15) is 0 Å². The quantitative estimate of drug-likeness (QED) is 0.707. The molecule has 0 radical (unpaired) electrons. The minimum absolute atomic E-state index is 0.267. The third-order valence-corrected chi connectivity index (χ3v) is 3.62. The molecule has 16 heavy (non-hydrogen) atoms. The highest BCUT2D eigenvalue weighted by molar-refractivity contribution is 6.30. The van der Waals surface area contributed by atoms with Crippen LogP contribution in [0.2, 0.25) is 5.02 Å². The van der Waals surface area contributed by atoms with Crippen LogP contribution in [-0.2, 0) is 0 Å². The number of hydrogen-bond acceptors (Lipinski definition) is 1. The van der Waals surface area contributed by atoms with Crippen LogP contribution >= 0.6 is 11.6 Å². The molecule has 0 atom stereocenters. The number of carbonyl (C=O) groups excluding carboxylic acids is 1. The largest absolute Gasteiger partial charge is 0.294 e. The molecule has 0 N–H and O–H groups in total. The van der Waals surface area contributed by atoms with Crippen molar-refractivity contribution in [2.24, 2.45) is 5.92 Å². The predicted octanol–water partition coefficient (Wildman–Crippen LogP) is 4.49.